The maximum Gasteiger partial charge on any atom is 0.315 e. The van der Waals surface area contributed by atoms with E-state index in [0.717, 1.165) is 52.4 Å². The average Bonchev–Trinajstić information content (AvgIpc) is 3.21. The van der Waals surface area contributed by atoms with Crippen LogP contribution in [0.5, 0.6) is 5.75 Å². The van der Waals surface area contributed by atoms with Crippen LogP contribution in [0.3, 0.4) is 0 Å². The molecule has 0 aliphatic carbocycles. The first kappa shape index (κ1) is 13.5. The van der Waals surface area contributed by atoms with Gasteiger partial charge in [-0.15, -0.1) is 0 Å². The normalized spacial score (nSPS) is 25.9. The number of carbonyl (C=O) groups is 1. The molecule has 2 aromatic rings. The fourth-order valence-corrected chi connectivity index (χ4v) is 7.64. The highest BCUT2D eigenvalue weighted by Crippen LogP contribution is 2.39. The molecular formula is C15H16N4O2SSi. The summed E-state index contributed by atoms with van der Waals surface area (Å²) in [4.78, 5) is 27.0. The number of aromatic nitrogens is 1. The molecule has 0 radical (unpaired) electrons. The van der Waals surface area contributed by atoms with Gasteiger partial charge in [0.05, 0.1) is 22.5 Å². The van der Waals surface area contributed by atoms with Gasteiger partial charge in [-0.1, -0.05) is 11.3 Å². The van der Waals surface area contributed by atoms with Gasteiger partial charge in [0.2, 0.25) is 8.96 Å². The summed E-state index contributed by atoms with van der Waals surface area (Å²) in [5.74, 6) is 0.938. The Balaban J connectivity index is 1.61. The number of thiazole rings is 1. The fourth-order valence-electron chi connectivity index (χ4n) is 3.74. The monoisotopic (exact) mass is 344 g/mol. The van der Waals surface area contributed by atoms with Crippen molar-refractivity contribution in [1.82, 2.24) is 9.97 Å². The molecule has 1 saturated heterocycles. The highest BCUT2D eigenvalue weighted by molar-refractivity contribution is 7.22. The third-order valence-electron chi connectivity index (χ3n) is 4.88. The van der Waals surface area contributed by atoms with Gasteiger partial charge < -0.3 is 9.72 Å². The van der Waals surface area contributed by atoms with Crippen molar-refractivity contribution in [1.29, 1.82) is 0 Å². The van der Waals surface area contributed by atoms with Gasteiger partial charge in [0.25, 0.3) is 0 Å². The quantitative estimate of drug-likeness (QED) is 0.802. The van der Waals surface area contributed by atoms with Gasteiger partial charge in [-0.05, 0) is 25.5 Å². The largest absolute Gasteiger partial charge is 0.493 e. The van der Waals surface area contributed by atoms with Gasteiger partial charge >= 0.3 is 6.03 Å². The molecule has 118 valence electrons. The Kier molecular flexibility index (Phi) is 2.81. The van der Waals surface area contributed by atoms with Gasteiger partial charge in [-0.25, -0.2) is 9.78 Å². The number of rotatable bonds is 1. The first-order valence-corrected chi connectivity index (χ1v) is 10.5. The molecule has 0 saturated carbocycles. The second-order valence-corrected chi connectivity index (χ2v) is 10.0. The second-order valence-electron chi connectivity index (χ2n) is 6.16. The molecule has 1 aromatic carbocycles. The molecule has 8 heteroatoms. The molecule has 0 bridgehead atoms. The number of aliphatic imine (C=N–C) groups is 1. The number of urea groups is 1. The molecular weight excluding hydrogens is 328 g/mol. The van der Waals surface area contributed by atoms with Crippen LogP contribution >= 0.6 is 11.3 Å². The number of carbonyl (C=O) groups excluding carboxylic acids is 1. The minimum Gasteiger partial charge on any atom is -0.493 e. The summed E-state index contributed by atoms with van der Waals surface area (Å²) >= 11 is 1.60. The standard InChI is InChI=1S/C15H16N4O2SSi/c1-8-16-6-4-12-19(14(20)18-23(8)12)15-17-13-9-5-7-21-10(9)2-3-11(13)22-15/h2-3,12,23H,4-7H2,1H3,(H,18,20)/t12-,23-/m0/s1. The van der Waals surface area contributed by atoms with E-state index in [-0.39, 0.29) is 11.7 Å². The van der Waals surface area contributed by atoms with Crippen molar-refractivity contribution < 1.29 is 9.53 Å². The lowest BCUT2D eigenvalue weighted by Crippen LogP contribution is -2.48. The molecule has 1 aromatic heterocycles. The highest BCUT2D eigenvalue weighted by atomic mass is 32.1. The van der Waals surface area contributed by atoms with Crippen LogP contribution in [-0.2, 0) is 6.42 Å². The van der Waals surface area contributed by atoms with E-state index >= 15 is 0 Å². The van der Waals surface area contributed by atoms with E-state index in [1.165, 1.54) is 5.56 Å². The Morgan fingerprint density at radius 2 is 2.39 bits per heavy atom. The molecule has 0 spiro atoms. The molecule has 6 nitrogen and oxygen atoms in total. The van der Waals surface area contributed by atoms with Gasteiger partial charge in [-0.2, -0.15) is 0 Å². The van der Waals surface area contributed by atoms with Crippen LogP contribution in [0.2, 0.25) is 0 Å². The maximum absolute atomic E-state index is 12.5. The van der Waals surface area contributed by atoms with E-state index in [0.29, 0.717) is 0 Å². The zero-order valence-corrected chi connectivity index (χ0v) is 14.7. The van der Waals surface area contributed by atoms with E-state index in [1.807, 2.05) is 11.0 Å². The number of nitrogens with one attached hydrogen (secondary N) is 1. The molecule has 2 amide bonds. The summed E-state index contributed by atoms with van der Waals surface area (Å²) in [7, 11) is -1.51. The summed E-state index contributed by atoms with van der Waals surface area (Å²) in [5, 5.41) is 1.96. The maximum atomic E-state index is 12.5. The third-order valence-corrected chi connectivity index (χ3v) is 8.94. The molecule has 4 heterocycles. The second kappa shape index (κ2) is 4.78. The SMILES string of the molecule is CC1=NCC[C@H]2N(c3nc4c5c(ccc4s3)OCC5)C(=O)N[Si@@H]12. The van der Waals surface area contributed by atoms with Crippen LogP contribution in [0.25, 0.3) is 10.2 Å². The van der Waals surface area contributed by atoms with Crippen molar-refractivity contribution in [2.75, 3.05) is 18.1 Å². The van der Waals surface area contributed by atoms with Crippen LogP contribution in [-0.4, -0.2) is 44.1 Å². The minimum absolute atomic E-state index is 0.00457. The Morgan fingerprint density at radius 3 is 3.30 bits per heavy atom. The molecule has 3 aliphatic rings. The summed E-state index contributed by atoms with van der Waals surface area (Å²) in [6.45, 7) is 3.58. The molecule has 1 fully saturated rings. The number of hydrogen-bond donors (Lipinski definition) is 1. The zero-order chi connectivity index (χ0) is 15.6. The van der Waals surface area contributed by atoms with Gasteiger partial charge in [0.15, 0.2) is 5.13 Å². The van der Waals surface area contributed by atoms with Crippen molar-refractivity contribution in [3.63, 3.8) is 0 Å². The smallest absolute Gasteiger partial charge is 0.315 e. The van der Waals surface area contributed by atoms with E-state index < -0.39 is 8.96 Å². The van der Waals surface area contributed by atoms with E-state index in [9.17, 15) is 4.79 Å². The van der Waals surface area contributed by atoms with E-state index in [1.54, 1.807) is 11.3 Å². The van der Waals surface area contributed by atoms with Crippen LogP contribution in [0.1, 0.15) is 18.9 Å². The number of fused-ring (bicyclic) bond motifs is 4. The van der Waals surface area contributed by atoms with Crippen LogP contribution < -0.4 is 14.6 Å². The van der Waals surface area contributed by atoms with Gasteiger partial charge in [0.1, 0.15) is 5.75 Å². The Hall–Kier alpha value is -1.93. The first-order chi connectivity index (χ1) is 11.2. The van der Waals surface area contributed by atoms with Gasteiger partial charge in [-0.3, -0.25) is 9.89 Å². The van der Waals surface area contributed by atoms with Crippen molar-refractivity contribution in [3.05, 3.63) is 17.7 Å². The molecule has 3 aliphatic heterocycles. The zero-order valence-electron chi connectivity index (χ0n) is 12.7. The Morgan fingerprint density at radius 1 is 1.48 bits per heavy atom. The number of hydrogen-bond acceptors (Lipinski definition) is 5. The number of nitrogens with zero attached hydrogens (tertiary/aromatic N) is 3. The van der Waals surface area contributed by atoms with Crippen molar-refractivity contribution >= 4 is 47.0 Å². The summed E-state index contributed by atoms with van der Waals surface area (Å²) in [5.41, 5.74) is 2.43. The predicted molar refractivity (Wildman–Crippen MR) is 93.4 cm³/mol. The molecule has 0 unspecified atom stereocenters. The summed E-state index contributed by atoms with van der Waals surface area (Å²) < 4.78 is 6.75. The molecule has 23 heavy (non-hydrogen) atoms. The summed E-state index contributed by atoms with van der Waals surface area (Å²) in [6.07, 6.45) is 1.83. The molecule has 1 N–H and O–H groups in total. The Labute approximate surface area is 138 Å². The third kappa shape index (κ3) is 1.88. The number of amides is 2. The number of ether oxygens (including phenoxy) is 1. The highest BCUT2D eigenvalue weighted by Gasteiger charge is 2.45. The Bertz CT molecular complexity index is 865. The predicted octanol–water partition coefficient (Wildman–Crippen LogP) is 1.80. The van der Waals surface area contributed by atoms with Crippen LogP contribution in [0.4, 0.5) is 9.93 Å². The van der Waals surface area contributed by atoms with Crippen molar-refractivity contribution in [2.24, 2.45) is 4.99 Å². The lowest BCUT2D eigenvalue weighted by Gasteiger charge is -2.26. The van der Waals surface area contributed by atoms with Crippen molar-refractivity contribution in [3.8, 4) is 5.75 Å². The minimum atomic E-state index is -1.51. The van der Waals surface area contributed by atoms with E-state index in [4.69, 9.17) is 9.72 Å². The topological polar surface area (TPSA) is 66.8 Å². The number of anilines is 1. The fraction of sp³-hybridized carbons (Fsp3) is 0.400. The van der Waals surface area contributed by atoms with E-state index in [2.05, 4.69) is 23.0 Å². The first-order valence-electron chi connectivity index (χ1n) is 7.88. The van der Waals surface area contributed by atoms with Crippen LogP contribution in [0, 0.1) is 0 Å². The lowest BCUT2D eigenvalue weighted by atomic mass is 10.1. The number of benzene rings is 1. The summed E-state index contributed by atoms with van der Waals surface area (Å²) in [6, 6.07) is 4.07. The van der Waals surface area contributed by atoms with Gasteiger partial charge in [0, 0.05) is 23.9 Å². The van der Waals surface area contributed by atoms with Crippen LogP contribution in [0.15, 0.2) is 17.1 Å². The molecule has 5 rings (SSSR count). The molecule has 2 atom stereocenters. The average molecular weight is 344 g/mol. The van der Waals surface area contributed by atoms with Crippen molar-refractivity contribution in [2.45, 2.75) is 25.4 Å². The lowest BCUT2D eigenvalue weighted by molar-refractivity contribution is 0.252.